The number of aromatic nitrogens is 1. The van der Waals surface area contributed by atoms with E-state index in [4.69, 9.17) is 0 Å². The Morgan fingerprint density at radius 2 is 2.26 bits per heavy atom. The van der Waals surface area contributed by atoms with Crippen LogP contribution in [0, 0.1) is 0 Å². The molecule has 0 unspecified atom stereocenters. The van der Waals surface area contributed by atoms with Gasteiger partial charge in [-0.25, -0.2) is 4.98 Å². The molecule has 6 heteroatoms. The van der Waals surface area contributed by atoms with Gasteiger partial charge in [0.25, 0.3) is 5.91 Å². The Kier molecular flexibility index (Phi) is 5.47. The highest BCUT2D eigenvalue weighted by atomic mass is 32.2. The highest BCUT2D eigenvalue weighted by molar-refractivity contribution is 7.99. The molecule has 0 bridgehead atoms. The van der Waals surface area contributed by atoms with E-state index in [0.29, 0.717) is 17.9 Å². The van der Waals surface area contributed by atoms with Crippen LogP contribution >= 0.6 is 11.8 Å². The second kappa shape index (κ2) is 7.35. The molecule has 1 amide bonds. The molecule has 0 spiro atoms. The molecule has 2 rings (SSSR count). The molecule has 2 heterocycles. The van der Waals surface area contributed by atoms with Gasteiger partial charge in [0.2, 0.25) is 0 Å². The average Bonchev–Trinajstić information content (AvgIpc) is 2.48. The van der Waals surface area contributed by atoms with Crippen molar-refractivity contribution in [3.8, 4) is 0 Å². The Balaban J connectivity index is 1.77. The smallest absolute Gasteiger partial charge is 0.251 e. The molecule has 1 saturated heterocycles. The third-order valence-electron chi connectivity index (χ3n) is 3.10. The topological polar surface area (TPSA) is 57.3 Å². The van der Waals surface area contributed by atoms with E-state index < -0.39 is 0 Å². The van der Waals surface area contributed by atoms with Crippen molar-refractivity contribution in [1.29, 1.82) is 0 Å². The third kappa shape index (κ3) is 4.40. The summed E-state index contributed by atoms with van der Waals surface area (Å²) in [4.78, 5) is 18.4. The van der Waals surface area contributed by atoms with Crippen LogP contribution in [0.1, 0.15) is 10.4 Å². The number of rotatable bonds is 5. The van der Waals surface area contributed by atoms with Crippen LogP contribution in [0.3, 0.4) is 0 Å². The van der Waals surface area contributed by atoms with E-state index in [2.05, 4.69) is 20.5 Å². The number of carbonyl (C=O) groups excluding carboxylic acids is 1. The van der Waals surface area contributed by atoms with E-state index in [1.54, 1.807) is 25.4 Å². The van der Waals surface area contributed by atoms with Gasteiger partial charge in [0.15, 0.2) is 0 Å². The minimum atomic E-state index is -0.0368. The third-order valence-corrected chi connectivity index (χ3v) is 4.04. The minimum Gasteiger partial charge on any atom is -0.373 e. The number of pyridine rings is 1. The first kappa shape index (κ1) is 14.1. The molecule has 0 aromatic carbocycles. The normalized spacial score (nSPS) is 16.1. The van der Waals surface area contributed by atoms with Crippen molar-refractivity contribution in [3.63, 3.8) is 0 Å². The monoisotopic (exact) mass is 280 g/mol. The first-order chi connectivity index (χ1) is 9.29. The number of nitrogens with zero attached hydrogens (tertiary/aromatic N) is 2. The second-order valence-corrected chi connectivity index (χ2v) is 5.61. The van der Waals surface area contributed by atoms with E-state index in [9.17, 15) is 4.79 Å². The largest absolute Gasteiger partial charge is 0.373 e. The highest BCUT2D eigenvalue weighted by Crippen LogP contribution is 2.08. The van der Waals surface area contributed by atoms with Crippen LogP contribution in [0.2, 0.25) is 0 Å². The molecule has 0 atom stereocenters. The summed E-state index contributed by atoms with van der Waals surface area (Å²) in [5.74, 6) is 3.07. The van der Waals surface area contributed by atoms with E-state index in [1.165, 1.54) is 11.5 Å². The molecule has 19 heavy (non-hydrogen) atoms. The van der Waals surface area contributed by atoms with Crippen molar-refractivity contribution in [2.24, 2.45) is 0 Å². The molecule has 104 valence electrons. The molecule has 0 aliphatic carbocycles. The van der Waals surface area contributed by atoms with E-state index >= 15 is 0 Å². The Morgan fingerprint density at radius 3 is 3.00 bits per heavy atom. The van der Waals surface area contributed by atoms with Gasteiger partial charge in [-0.1, -0.05) is 0 Å². The Morgan fingerprint density at radius 1 is 1.47 bits per heavy atom. The van der Waals surface area contributed by atoms with Crippen LogP contribution in [0.5, 0.6) is 0 Å². The van der Waals surface area contributed by atoms with Crippen molar-refractivity contribution in [2.75, 3.05) is 50.0 Å². The second-order valence-electron chi connectivity index (χ2n) is 4.39. The van der Waals surface area contributed by atoms with Crippen LogP contribution in [0.25, 0.3) is 0 Å². The Bertz CT molecular complexity index is 421. The molecule has 1 fully saturated rings. The van der Waals surface area contributed by atoms with Gasteiger partial charge in [0.1, 0.15) is 5.82 Å². The lowest BCUT2D eigenvalue weighted by Gasteiger charge is -2.25. The average molecular weight is 280 g/mol. The summed E-state index contributed by atoms with van der Waals surface area (Å²) in [5, 5.41) is 5.88. The first-order valence-electron chi connectivity index (χ1n) is 6.51. The number of thioether (sulfide) groups is 1. The van der Waals surface area contributed by atoms with Crippen molar-refractivity contribution >= 4 is 23.5 Å². The maximum absolute atomic E-state index is 12.0. The SMILES string of the molecule is CNc1cc(C(=O)NCCN2CCSCC2)ccn1. The number of anilines is 1. The standard InChI is InChI=1S/C13H20N4OS/c1-14-12-10-11(2-3-15-12)13(18)16-4-5-17-6-8-19-9-7-17/h2-3,10H,4-9H2,1H3,(H,14,15)(H,16,18). The van der Waals surface area contributed by atoms with Crippen molar-refractivity contribution in [3.05, 3.63) is 23.9 Å². The minimum absolute atomic E-state index is 0.0368. The number of hydrogen-bond acceptors (Lipinski definition) is 5. The fourth-order valence-corrected chi connectivity index (χ4v) is 2.94. The zero-order valence-electron chi connectivity index (χ0n) is 11.2. The van der Waals surface area contributed by atoms with Crippen LogP contribution in [-0.4, -0.2) is 60.5 Å². The summed E-state index contributed by atoms with van der Waals surface area (Å²) in [6, 6.07) is 3.49. The summed E-state index contributed by atoms with van der Waals surface area (Å²) < 4.78 is 0. The molecule has 1 aliphatic rings. The predicted molar refractivity (Wildman–Crippen MR) is 79.9 cm³/mol. The molecule has 1 aromatic heterocycles. The van der Waals surface area contributed by atoms with E-state index in [1.807, 2.05) is 11.8 Å². The summed E-state index contributed by atoms with van der Waals surface area (Å²) in [7, 11) is 1.79. The molecular weight excluding hydrogens is 260 g/mol. The van der Waals surface area contributed by atoms with Gasteiger partial charge in [-0.15, -0.1) is 0 Å². The van der Waals surface area contributed by atoms with Gasteiger partial charge in [0, 0.05) is 56.5 Å². The molecule has 0 saturated carbocycles. The van der Waals surface area contributed by atoms with Crippen LogP contribution in [-0.2, 0) is 0 Å². The number of hydrogen-bond donors (Lipinski definition) is 2. The zero-order chi connectivity index (χ0) is 13.5. The number of nitrogens with one attached hydrogen (secondary N) is 2. The zero-order valence-corrected chi connectivity index (χ0v) is 12.0. The lowest BCUT2D eigenvalue weighted by Crippen LogP contribution is -2.39. The molecular formula is C13H20N4OS. The Labute approximate surface area is 118 Å². The van der Waals surface area contributed by atoms with Crippen LogP contribution in [0.15, 0.2) is 18.3 Å². The van der Waals surface area contributed by atoms with Crippen LogP contribution < -0.4 is 10.6 Å². The quantitative estimate of drug-likeness (QED) is 0.839. The fraction of sp³-hybridized carbons (Fsp3) is 0.538. The molecule has 0 radical (unpaired) electrons. The summed E-state index contributed by atoms with van der Waals surface area (Å²) >= 11 is 2.00. The van der Waals surface area contributed by atoms with Gasteiger partial charge in [0.05, 0.1) is 0 Å². The van der Waals surface area contributed by atoms with Gasteiger partial charge in [-0.3, -0.25) is 9.69 Å². The fourth-order valence-electron chi connectivity index (χ4n) is 1.96. The lowest BCUT2D eigenvalue weighted by molar-refractivity contribution is 0.0949. The van der Waals surface area contributed by atoms with Gasteiger partial charge >= 0.3 is 0 Å². The van der Waals surface area contributed by atoms with Crippen LogP contribution in [0.4, 0.5) is 5.82 Å². The van der Waals surface area contributed by atoms with E-state index in [0.717, 1.165) is 19.6 Å². The van der Waals surface area contributed by atoms with Crippen molar-refractivity contribution in [1.82, 2.24) is 15.2 Å². The molecule has 5 nitrogen and oxygen atoms in total. The molecule has 1 aromatic rings. The summed E-state index contributed by atoms with van der Waals surface area (Å²) in [6.45, 7) is 3.87. The van der Waals surface area contributed by atoms with Gasteiger partial charge in [-0.2, -0.15) is 11.8 Å². The summed E-state index contributed by atoms with van der Waals surface area (Å²) in [5.41, 5.74) is 0.647. The number of carbonyl (C=O) groups is 1. The predicted octanol–water partition coefficient (Wildman–Crippen LogP) is 0.902. The Hall–Kier alpha value is -1.27. The number of amides is 1. The van der Waals surface area contributed by atoms with Crippen molar-refractivity contribution < 1.29 is 4.79 Å². The summed E-state index contributed by atoms with van der Waals surface area (Å²) in [6.07, 6.45) is 1.64. The van der Waals surface area contributed by atoms with E-state index in [-0.39, 0.29) is 5.91 Å². The lowest BCUT2D eigenvalue weighted by atomic mass is 10.2. The van der Waals surface area contributed by atoms with Gasteiger partial charge < -0.3 is 10.6 Å². The maximum Gasteiger partial charge on any atom is 0.251 e. The molecule has 2 N–H and O–H groups in total. The maximum atomic E-state index is 12.0. The highest BCUT2D eigenvalue weighted by Gasteiger charge is 2.11. The van der Waals surface area contributed by atoms with Crippen molar-refractivity contribution in [2.45, 2.75) is 0 Å². The molecule has 1 aliphatic heterocycles. The van der Waals surface area contributed by atoms with Gasteiger partial charge in [-0.05, 0) is 12.1 Å². The first-order valence-corrected chi connectivity index (χ1v) is 7.67.